The molecule has 4 rings (SSSR count). The van der Waals surface area contributed by atoms with Gasteiger partial charge in [0, 0.05) is 23.1 Å². The van der Waals surface area contributed by atoms with Crippen molar-refractivity contribution in [3.8, 4) is 5.69 Å². The van der Waals surface area contributed by atoms with Crippen molar-refractivity contribution in [3.05, 3.63) is 41.7 Å². The Hall–Kier alpha value is -2.52. The first-order valence-electron chi connectivity index (χ1n) is 9.37. The third kappa shape index (κ3) is 3.97. The molecular formula is C19H20ClN5O3S. The van der Waals surface area contributed by atoms with E-state index in [4.69, 9.17) is 11.6 Å². The molecule has 4 amide bonds. The molecule has 2 fully saturated rings. The van der Waals surface area contributed by atoms with Gasteiger partial charge in [-0.05, 0) is 37.1 Å². The van der Waals surface area contributed by atoms with E-state index in [1.54, 1.807) is 24.5 Å². The SMILES string of the molecule is O=C(CSc1nccn1-c1ccc(Cl)cc1)NN1C(=O)NC2(CCCCC2)C1=O. The van der Waals surface area contributed by atoms with Gasteiger partial charge in [0.1, 0.15) is 5.54 Å². The van der Waals surface area contributed by atoms with Crippen LogP contribution < -0.4 is 10.7 Å². The number of carbonyl (C=O) groups excluding carboxylic acids is 3. The van der Waals surface area contributed by atoms with Crippen molar-refractivity contribution in [2.24, 2.45) is 0 Å². The van der Waals surface area contributed by atoms with Crippen LogP contribution in [-0.4, -0.2) is 43.7 Å². The van der Waals surface area contributed by atoms with E-state index in [9.17, 15) is 14.4 Å². The van der Waals surface area contributed by atoms with Crippen molar-refractivity contribution < 1.29 is 14.4 Å². The molecule has 1 saturated carbocycles. The van der Waals surface area contributed by atoms with E-state index in [-0.39, 0.29) is 11.7 Å². The number of imidazole rings is 1. The van der Waals surface area contributed by atoms with Crippen LogP contribution in [0.3, 0.4) is 0 Å². The molecular weight excluding hydrogens is 414 g/mol. The first kappa shape index (κ1) is 19.8. The molecule has 0 unspecified atom stereocenters. The molecule has 10 heteroatoms. The summed E-state index contributed by atoms with van der Waals surface area (Å²) >= 11 is 7.14. The van der Waals surface area contributed by atoms with Gasteiger partial charge >= 0.3 is 6.03 Å². The van der Waals surface area contributed by atoms with Crippen molar-refractivity contribution >= 4 is 41.2 Å². The average molecular weight is 434 g/mol. The highest BCUT2D eigenvalue weighted by Crippen LogP contribution is 2.33. The molecule has 1 aliphatic heterocycles. The summed E-state index contributed by atoms with van der Waals surface area (Å²) in [6, 6.07) is 6.68. The number of hydrazine groups is 1. The predicted molar refractivity (Wildman–Crippen MR) is 109 cm³/mol. The average Bonchev–Trinajstić information content (AvgIpc) is 3.27. The highest BCUT2D eigenvalue weighted by Gasteiger charge is 2.52. The summed E-state index contributed by atoms with van der Waals surface area (Å²) in [5.74, 6) is -0.811. The van der Waals surface area contributed by atoms with E-state index < -0.39 is 17.5 Å². The summed E-state index contributed by atoms with van der Waals surface area (Å²) in [7, 11) is 0. The molecule has 8 nitrogen and oxygen atoms in total. The lowest BCUT2D eigenvalue weighted by Crippen LogP contribution is -2.51. The predicted octanol–water partition coefficient (Wildman–Crippen LogP) is 2.90. The van der Waals surface area contributed by atoms with Gasteiger partial charge in [-0.1, -0.05) is 42.6 Å². The highest BCUT2D eigenvalue weighted by molar-refractivity contribution is 7.99. The Bertz CT molecular complexity index is 940. The minimum atomic E-state index is -0.861. The van der Waals surface area contributed by atoms with Gasteiger partial charge in [0.05, 0.1) is 5.75 Å². The van der Waals surface area contributed by atoms with Crippen LogP contribution in [0.15, 0.2) is 41.8 Å². The molecule has 1 aromatic carbocycles. The first-order chi connectivity index (χ1) is 14.0. The maximum atomic E-state index is 12.7. The normalized spacial score (nSPS) is 18.2. The maximum Gasteiger partial charge on any atom is 0.344 e. The molecule has 152 valence electrons. The number of amides is 4. The van der Waals surface area contributed by atoms with Crippen LogP contribution >= 0.6 is 23.4 Å². The number of nitrogens with one attached hydrogen (secondary N) is 2. The van der Waals surface area contributed by atoms with Crippen molar-refractivity contribution in [1.82, 2.24) is 25.3 Å². The quantitative estimate of drug-likeness (QED) is 0.558. The molecule has 1 aromatic heterocycles. The standard InChI is InChI=1S/C19H20ClN5O3S/c20-13-4-6-14(7-5-13)24-11-10-21-18(24)29-12-15(26)23-25-16(27)19(22-17(25)28)8-2-1-3-9-19/h4-7,10-11H,1-3,8-9,12H2,(H,22,28)(H,23,26). The van der Waals surface area contributed by atoms with Crippen LogP contribution in [0, 0.1) is 0 Å². The number of aromatic nitrogens is 2. The van der Waals surface area contributed by atoms with Crippen LogP contribution in [-0.2, 0) is 9.59 Å². The largest absolute Gasteiger partial charge is 0.344 e. The second-order valence-corrected chi connectivity index (χ2v) is 8.47. The van der Waals surface area contributed by atoms with Crippen LogP contribution in [0.4, 0.5) is 4.79 Å². The topological polar surface area (TPSA) is 96.3 Å². The number of nitrogens with zero attached hydrogens (tertiary/aromatic N) is 3. The fourth-order valence-electron chi connectivity index (χ4n) is 3.70. The zero-order valence-electron chi connectivity index (χ0n) is 15.6. The first-order valence-corrected chi connectivity index (χ1v) is 10.7. The summed E-state index contributed by atoms with van der Waals surface area (Å²) in [5, 5.41) is 4.83. The maximum absolute atomic E-state index is 12.7. The van der Waals surface area contributed by atoms with Crippen LogP contribution in [0.5, 0.6) is 0 Å². The smallest absolute Gasteiger partial charge is 0.322 e. The van der Waals surface area contributed by atoms with E-state index in [0.717, 1.165) is 30.0 Å². The number of rotatable bonds is 5. The van der Waals surface area contributed by atoms with Crippen molar-refractivity contribution in [1.29, 1.82) is 0 Å². The summed E-state index contributed by atoms with van der Waals surface area (Å²) < 4.78 is 1.83. The van der Waals surface area contributed by atoms with Gasteiger partial charge in [-0.15, -0.1) is 0 Å². The second-order valence-electron chi connectivity index (χ2n) is 7.09. The Morgan fingerprint density at radius 2 is 1.93 bits per heavy atom. The molecule has 0 bridgehead atoms. The lowest BCUT2D eigenvalue weighted by molar-refractivity contribution is -0.139. The number of hydrogen-bond donors (Lipinski definition) is 2. The summed E-state index contributed by atoms with van der Waals surface area (Å²) in [6.45, 7) is 0. The Morgan fingerprint density at radius 1 is 1.21 bits per heavy atom. The zero-order valence-corrected chi connectivity index (χ0v) is 17.1. The molecule has 2 aliphatic rings. The summed E-state index contributed by atoms with van der Waals surface area (Å²) in [4.78, 5) is 41.6. The zero-order chi connectivity index (χ0) is 20.4. The summed E-state index contributed by atoms with van der Waals surface area (Å²) in [5.41, 5.74) is 2.44. The van der Waals surface area contributed by atoms with Gasteiger partial charge < -0.3 is 5.32 Å². The Balaban J connectivity index is 1.38. The summed E-state index contributed by atoms with van der Waals surface area (Å²) in [6.07, 6.45) is 7.46. The number of carbonyl (C=O) groups is 3. The number of benzene rings is 1. The van der Waals surface area contributed by atoms with Crippen molar-refractivity contribution in [3.63, 3.8) is 0 Å². The minimum Gasteiger partial charge on any atom is -0.322 e. The number of imide groups is 1. The molecule has 0 atom stereocenters. The second kappa shape index (κ2) is 8.08. The Kier molecular flexibility index (Phi) is 5.51. The molecule has 1 saturated heterocycles. The molecule has 2 N–H and O–H groups in total. The van der Waals surface area contributed by atoms with Gasteiger partial charge in [-0.2, -0.15) is 5.01 Å². The third-order valence-electron chi connectivity index (χ3n) is 5.15. The van der Waals surface area contributed by atoms with E-state index >= 15 is 0 Å². The monoisotopic (exact) mass is 433 g/mol. The molecule has 2 aromatic rings. The van der Waals surface area contributed by atoms with Gasteiger partial charge in [0.2, 0.25) is 5.91 Å². The van der Waals surface area contributed by atoms with Crippen LogP contribution in [0.1, 0.15) is 32.1 Å². The van der Waals surface area contributed by atoms with Crippen LogP contribution in [0.2, 0.25) is 5.02 Å². The Morgan fingerprint density at radius 3 is 2.66 bits per heavy atom. The minimum absolute atomic E-state index is 0.00859. The fourth-order valence-corrected chi connectivity index (χ4v) is 4.59. The van der Waals surface area contributed by atoms with Gasteiger partial charge in [-0.3, -0.25) is 19.6 Å². The van der Waals surface area contributed by atoms with Gasteiger partial charge in [-0.25, -0.2) is 9.78 Å². The molecule has 1 spiro atoms. The van der Waals surface area contributed by atoms with Crippen molar-refractivity contribution in [2.45, 2.75) is 42.8 Å². The Labute approximate surface area is 177 Å². The van der Waals surface area contributed by atoms with E-state index in [0.29, 0.717) is 23.0 Å². The number of urea groups is 1. The molecule has 29 heavy (non-hydrogen) atoms. The number of hydrogen-bond acceptors (Lipinski definition) is 5. The number of thioether (sulfide) groups is 1. The molecule has 1 aliphatic carbocycles. The highest BCUT2D eigenvalue weighted by atomic mass is 35.5. The fraction of sp³-hybridized carbons (Fsp3) is 0.368. The van der Waals surface area contributed by atoms with Gasteiger partial charge in [0.25, 0.3) is 5.91 Å². The lowest BCUT2D eigenvalue weighted by Gasteiger charge is -2.30. The van der Waals surface area contributed by atoms with Crippen LogP contribution in [0.25, 0.3) is 5.69 Å². The third-order valence-corrected chi connectivity index (χ3v) is 6.37. The molecule has 0 radical (unpaired) electrons. The lowest BCUT2D eigenvalue weighted by atomic mass is 9.82. The van der Waals surface area contributed by atoms with E-state index in [1.165, 1.54) is 11.8 Å². The van der Waals surface area contributed by atoms with Crippen molar-refractivity contribution in [2.75, 3.05) is 5.75 Å². The van der Waals surface area contributed by atoms with E-state index in [1.807, 2.05) is 16.7 Å². The number of halogens is 1. The van der Waals surface area contributed by atoms with Gasteiger partial charge in [0.15, 0.2) is 5.16 Å². The van der Waals surface area contributed by atoms with E-state index in [2.05, 4.69) is 15.7 Å². The molecule has 2 heterocycles.